The Morgan fingerprint density at radius 1 is 1.38 bits per heavy atom. The van der Waals surface area contributed by atoms with Crippen LogP contribution in [0.25, 0.3) is 0 Å². The van der Waals surface area contributed by atoms with Gasteiger partial charge in [-0.2, -0.15) is 11.8 Å². The van der Waals surface area contributed by atoms with Crippen molar-refractivity contribution in [3.8, 4) is 0 Å². The number of nitrogens with one attached hydrogen (secondary N) is 1. The number of thioether (sulfide) groups is 1. The van der Waals surface area contributed by atoms with Gasteiger partial charge in [0, 0.05) is 17.0 Å². The van der Waals surface area contributed by atoms with Crippen molar-refractivity contribution in [1.82, 2.24) is 5.32 Å². The molecule has 0 aliphatic heterocycles. The van der Waals surface area contributed by atoms with Gasteiger partial charge in [0.05, 0.1) is 0 Å². The molecule has 0 aromatic rings. The maximum absolute atomic E-state index is 3.98. The number of hydrogen-bond donors (Lipinski definition) is 1. The first-order valence-corrected chi connectivity index (χ1v) is 7.64. The van der Waals surface area contributed by atoms with Crippen LogP contribution in [0.3, 0.4) is 0 Å². The topological polar surface area (TPSA) is 12.0 Å². The van der Waals surface area contributed by atoms with Crippen LogP contribution in [-0.4, -0.2) is 23.6 Å². The quantitative estimate of drug-likeness (QED) is 0.576. The second-order valence-electron chi connectivity index (χ2n) is 4.70. The second-order valence-corrected chi connectivity index (χ2v) is 6.17. The van der Waals surface area contributed by atoms with E-state index in [-0.39, 0.29) is 0 Å². The van der Waals surface area contributed by atoms with Gasteiger partial charge in [-0.15, -0.1) is 6.58 Å². The summed E-state index contributed by atoms with van der Waals surface area (Å²) in [6, 6.07) is 0.663. The highest BCUT2D eigenvalue weighted by Crippen LogP contribution is 2.17. The van der Waals surface area contributed by atoms with Crippen molar-refractivity contribution in [1.29, 1.82) is 0 Å². The highest BCUT2D eigenvalue weighted by Gasteiger charge is 2.09. The van der Waals surface area contributed by atoms with Crippen molar-refractivity contribution < 1.29 is 0 Å². The van der Waals surface area contributed by atoms with Gasteiger partial charge in [0.15, 0.2) is 0 Å². The average molecular weight is 243 g/mol. The van der Waals surface area contributed by atoms with Crippen LogP contribution in [0, 0.1) is 0 Å². The van der Waals surface area contributed by atoms with Crippen molar-refractivity contribution in [2.45, 2.75) is 64.7 Å². The molecular formula is C14H29NS. The summed E-state index contributed by atoms with van der Waals surface area (Å²) in [7, 11) is 0. The maximum Gasteiger partial charge on any atom is 0.0161 e. The summed E-state index contributed by atoms with van der Waals surface area (Å²) in [6.07, 6.45) is 4.88. The van der Waals surface area contributed by atoms with E-state index >= 15 is 0 Å². The third kappa shape index (κ3) is 9.29. The lowest BCUT2D eigenvalue weighted by atomic mass is 10.1. The van der Waals surface area contributed by atoms with E-state index in [0.717, 1.165) is 18.2 Å². The molecule has 0 bridgehead atoms. The number of rotatable bonds is 10. The molecule has 96 valence electrons. The minimum Gasteiger partial charge on any atom is -0.313 e. The molecule has 16 heavy (non-hydrogen) atoms. The Bertz CT molecular complexity index is 180. The Kier molecular flexibility index (Phi) is 10.3. The van der Waals surface area contributed by atoms with Crippen molar-refractivity contribution in [3.05, 3.63) is 12.2 Å². The number of hydrogen-bond acceptors (Lipinski definition) is 2. The highest BCUT2D eigenvalue weighted by molar-refractivity contribution is 7.99. The Morgan fingerprint density at radius 3 is 2.56 bits per heavy atom. The smallest absolute Gasteiger partial charge is 0.0161 e. The van der Waals surface area contributed by atoms with Crippen molar-refractivity contribution >= 4 is 11.8 Å². The van der Waals surface area contributed by atoms with Crippen LogP contribution in [0.5, 0.6) is 0 Å². The van der Waals surface area contributed by atoms with Crippen molar-refractivity contribution in [3.63, 3.8) is 0 Å². The van der Waals surface area contributed by atoms with E-state index in [0.29, 0.717) is 6.04 Å². The fraction of sp³-hybridized carbons (Fsp3) is 0.857. The molecule has 2 heteroatoms. The molecule has 0 fully saturated rings. The maximum atomic E-state index is 3.98. The van der Waals surface area contributed by atoms with E-state index in [1.807, 2.05) is 0 Å². The summed E-state index contributed by atoms with van der Waals surface area (Å²) in [6.45, 7) is 14.1. The first-order chi connectivity index (χ1) is 7.60. The molecule has 0 aliphatic carbocycles. The molecule has 0 rings (SSSR count). The summed E-state index contributed by atoms with van der Waals surface area (Å²) in [5.74, 6) is 1.24. The Labute approximate surface area is 106 Å². The molecule has 2 atom stereocenters. The van der Waals surface area contributed by atoms with Crippen LogP contribution in [-0.2, 0) is 0 Å². The van der Waals surface area contributed by atoms with Gasteiger partial charge in [-0.25, -0.2) is 0 Å². The third-order valence-electron chi connectivity index (χ3n) is 2.76. The van der Waals surface area contributed by atoms with Gasteiger partial charge in [-0.3, -0.25) is 0 Å². The first kappa shape index (κ1) is 16.1. The van der Waals surface area contributed by atoms with E-state index in [2.05, 4.69) is 51.4 Å². The fourth-order valence-corrected chi connectivity index (χ4v) is 2.49. The summed E-state index contributed by atoms with van der Waals surface area (Å²) in [5.41, 5.74) is 1.30. The molecule has 0 saturated heterocycles. The molecule has 1 nitrogen and oxygen atoms in total. The van der Waals surface area contributed by atoms with Gasteiger partial charge >= 0.3 is 0 Å². The minimum absolute atomic E-state index is 0.663. The Morgan fingerprint density at radius 2 is 2.06 bits per heavy atom. The first-order valence-electron chi connectivity index (χ1n) is 6.59. The van der Waals surface area contributed by atoms with Gasteiger partial charge in [0.2, 0.25) is 0 Å². The van der Waals surface area contributed by atoms with Crippen LogP contribution in [0.4, 0.5) is 0 Å². The largest absolute Gasteiger partial charge is 0.313 e. The van der Waals surface area contributed by atoms with E-state index in [9.17, 15) is 0 Å². The van der Waals surface area contributed by atoms with E-state index in [1.165, 1.54) is 30.6 Å². The molecule has 0 aromatic heterocycles. The molecule has 0 spiro atoms. The zero-order valence-electron chi connectivity index (χ0n) is 11.5. The third-order valence-corrected chi connectivity index (χ3v) is 4.26. The van der Waals surface area contributed by atoms with E-state index in [4.69, 9.17) is 0 Å². The average Bonchev–Trinajstić information content (AvgIpc) is 2.27. The Balaban J connectivity index is 3.84. The lowest BCUT2D eigenvalue weighted by molar-refractivity contribution is 0.519. The fourth-order valence-electron chi connectivity index (χ4n) is 1.41. The predicted octanol–water partition coefficient (Wildman–Crippen LogP) is 4.24. The predicted molar refractivity (Wildman–Crippen MR) is 78.3 cm³/mol. The molecule has 2 unspecified atom stereocenters. The highest BCUT2D eigenvalue weighted by atomic mass is 32.2. The van der Waals surface area contributed by atoms with Crippen LogP contribution in [0.1, 0.15) is 53.4 Å². The molecular weight excluding hydrogens is 214 g/mol. The normalized spacial score (nSPS) is 14.8. The van der Waals surface area contributed by atoms with Gasteiger partial charge in [-0.05, 0) is 39.2 Å². The molecule has 0 radical (unpaired) electrons. The zero-order chi connectivity index (χ0) is 12.4. The molecule has 0 heterocycles. The lowest BCUT2D eigenvalue weighted by Crippen LogP contribution is -2.32. The van der Waals surface area contributed by atoms with Gasteiger partial charge in [0.1, 0.15) is 0 Å². The summed E-state index contributed by atoms with van der Waals surface area (Å²) < 4.78 is 0. The van der Waals surface area contributed by atoms with E-state index < -0.39 is 0 Å². The summed E-state index contributed by atoms with van der Waals surface area (Å²) in [5, 5.41) is 4.43. The molecule has 1 N–H and O–H groups in total. The minimum atomic E-state index is 0.663. The monoisotopic (exact) mass is 243 g/mol. The SMILES string of the molecule is C=C(C)CCC(CSC(C)CC)NCCC. The number of allylic oxidation sites excluding steroid dienone is 1. The molecule has 0 saturated carbocycles. The van der Waals surface area contributed by atoms with Crippen LogP contribution in [0.2, 0.25) is 0 Å². The Hall–Kier alpha value is 0.0500. The molecule has 0 amide bonds. The van der Waals surface area contributed by atoms with Crippen LogP contribution < -0.4 is 5.32 Å². The molecule has 0 aromatic carbocycles. The summed E-state index contributed by atoms with van der Waals surface area (Å²) in [4.78, 5) is 0. The van der Waals surface area contributed by atoms with Gasteiger partial charge in [-0.1, -0.05) is 26.3 Å². The van der Waals surface area contributed by atoms with Crippen molar-refractivity contribution in [2.24, 2.45) is 0 Å². The lowest BCUT2D eigenvalue weighted by Gasteiger charge is -2.20. The van der Waals surface area contributed by atoms with E-state index in [1.54, 1.807) is 0 Å². The van der Waals surface area contributed by atoms with Gasteiger partial charge in [0.25, 0.3) is 0 Å². The standard InChI is InChI=1S/C14H29NS/c1-6-10-15-14(9-8-12(3)4)11-16-13(5)7-2/h13-15H,3,6-11H2,1-2,4-5H3. The summed E-state index contributed by atoms with van der Waals surface area (Å²) >= 11 is 2.09. The second kappa shape index (κ2) is 10.2. The van der Waals surface area contributed by atoms with Crippen molar-refractivity contribution in [2.75, 3.05) is 12.3 Å². The molecule has 0 aliphatic rings. The van der Waals surface area contributed by atoms with Gasteiger partial charge < -0.3 is 5.32 Å². The van der Waals surface area contributed by atoms with Crippen LogP contribution >= 0.6 is 11.8 Å². The zero-order valence-corrected chi connectivity index (χ0v) is 12.3. The van der Waals surface area contributed by atoms with Crippen LogP contribution in [0.15, 0.2) is 12.2 Å².